The van der Waals surface area contributed by atoms with Gasteiger partial charge in [-0.25, -0.2) is 0 Å². The number of carbonyl (C=O) groups excluding carboxylic acids is 3. The van der Waals surface area contributed by atoms with Crippen LogP contribution in [0.3, 0.4) is 0 Å². The summed E-state index contributed by atoms with van der Waals surface area (Å²) in [5.74, 6) is -0.843. The standard InChI is InChI=1S/C62H118O6/c1-4-7-10-13-16-19-22-25-27-29-31-32-34-35-37-40-43-46-49-52-55-61(64)67-58-59(57-66-60(63)54-51-48-45-42-39-24-21-18-15-12-9-6-3)68-62(65)56-53-50-47-44-41-38-36-33-30-28-26-23-20-17-14-11-8-5-2/h28,30,59H,4-27,29,31-58H2,1-3H3/b30-28-. The summed E-state index contributed by atoms with van der Waals surface area (Å²) in [5, 5.41) is 0. The number of esters is 3. The fraction of sp³-hybridized carbons (Fsp3) is 0.919. The van der Waals surface area contributed by atoms with Crippen LogP contribution in [0.15, 0.2) is 12.2 Å². The van der Waals surface area contributed by atoms with Gasteiger partial charge < -0.3 is 14.2 Å². The van der Waals surface area contributed by atoms with Crippen LogP contribution in [-0.4, -0.2) is 37.2 Å². The predicted molar refractivity (Wildman–Crippen MR) is 293 cm³/mol. The Morgan fingerprint density at radius 1 is 0.279 bits per heavy atom. The van der Waals surface area contributed by atoms with Crippen molar-refractivity contribution in [2.75, 3.05) is 13.2 Å². The number of hydrogen-bond donors (Lipinski definition) is 0. The van der Waals surface area contributed by atoms with Gasteiger partial charge in [0, 0.05) is 19.3 Å². The Kier molecular flexibility index (Phi) is 56.2. The van der Waals surface area contributed by atoms with E-state index in [1.807, 2.05) is 0 Å². The zero-order chi connectivity index (χ0) is 49.3. The lowest BCUT2D eigenvalue weighted by Gasteiger charge is -2.18. The third-order valence-corrected chi connectivity index (χ3v) is 14.0. The average molecular weight is 960 g/mol. The summed E-state index contributed by atoms with van der Waals surface area (Å²) in [6, 6.07) is 0. The van der Waals surface area contributed by atoms with Crippen molar-refractivity contribution in [2.45, 2.75) is 354 Å². The molecule has 0 saturated heterocycles. The Bertz CT molecular complexity index is 1060. The van der Waals surface area contributed by atoms with Gasteiger partial charge in [0.1, 0.15) is 13.2 Å². The summed E-state index contributed by atoms with van der Waals surface area (Å²) in [4.78, 5) is 38.2. The molecule has 0 amide bonds. The number of ether oxygens (including phenoxy) is 3. The molecular weight excluding hydrogens is 841 g/mol. The Hall–Kier alpha value is -1.85. The molecule has 0 aliphatic rings. The molecular formula is C62H118O6. The lowest BCUT2D eigenvalue weighted by atomic mass is 10.0. The predicted octanol–water partition coefficient (Wildman–Crippen LogP) is 20.5. The number of rotatable bonds is 57. The molecule has 0 spiro atoms. The third-order valence-electron chi connectivity index (χ3n) is 14.0. The normalized spacial score (nSPS) is 12.0. The van der Waals surface area contributed by atoms with E-state index in [1.54, 1.807) is 0 Å². The summed E-state index contributed by atoms with van der Waals surface area (Å²) in [6.07, 6.45) is 66.4. The minimum atomic E-state index is -0.767. The molecule has 0 heterocycles. The molecule has 0 aliphatic carbocycles. The van der Waals surface area contributed by atoms with Crippen LogP contribution >= 0.6 is 0 Å². The van der Waals surface area contributed by atoms with Gasteiger partial charge in [0.2, 0.25) is 0 Å². The Balaban J connectivity index is 4.26. The zero-order valence-electron chi connectivity index (χ0n) is 46.2. The summed E-state index contributed by atoms with van der Waals surface area (Å²) in [7, 11) is 0. The molecule has 0 aromatic rings. The molecule has 0 bridgehead atoms. The second-order valence-electron chi connectivity index (χ2n) is 21.0. The van der Waals surface area contributed by atoms with Gasteiger partial charge in [-0.1, -0.05) is 296 Å². The highest BCUT2D eigenvalue weighted by Crippen LogP contribution is 2.18. The quantitative estimate of drug-likeness (QED) is 0.0262. The molecule has 1 atom stereocenters. The molecule has 0 N–H and O–H groups in total. The zero-order valence-corrected chi connectivity index (χ0v) is 46.2. The molecule has 0 saturated carbocycles. The average Bonchev–Trinajstić information content (AvgIpc) is 3.34. The van der Waals surface area contributed by atoms with Crippen LogP contribution in [-0.2, 0) is 28.6 Å². The van der Waals surface area contributed by atoms with Crippen molar-refractivity contribution in [3.05, 3.63) is 12.2 Å². The van der Waals surface area contributed by atoms with Crippen LogP contribution < -0.4 is 0 Å². The van der Waals surface area contributed by atoms with Gasteiger partial charge in [-0.2, -0.15) is 0 Å². The van der Waals surface area contributed by atoms with E-state index in [-0.39, 0.29) is 31.1 Å². The molecule has 0 aromatic heterocycles. The maximum absolute atomic E-state index is 12.9. The van der Waals surface area contributed by atoms with E-state index in [0.29, 0.717) is 19.3 Å². The number of carbonyl (C=O) groups is 3. The summed E-state index contributed by atoms with van der Waals surface area (Å²) < 4.78 is 16.9. The second kappa shape index (κ2) is 57.7. The van der Waals surface area contributed by atoms with Gasteiger partial charge in [0.15, 0.2) is 6.10 Å². The molecule has 6 heteroatoms. The highest BCUT2D eigenvalue weighted by Gasteiger charge is 2.19. The maximum atomic E-state index is 12.9. The number of unbranched alkanes of at least 4 members (excludes halogenated alkanes) is 44. The van der Waals surface area contributed by atoms with Gasteiger partial charge >= 0.3 is 17.9 Å². The smallest absolute Gasteiger partial charge is 0.306 e. The summed E-state index contributed by atoms with van der Waals surface area (Å²) >= 11 is 0. The molecule has 1 unspecified atom stereocenters. The number of allylic oxidation sites excluding steroid dienone is 2. The van der Waals surface area contributed by atoms with Crippen molar-refractivity contribution >= 4 is 17.9 Å². The molecule has 0 aliphatic heterocycles. The lowest BCUT2D eigenvalue weighted by molar-refractivity contribution is -0.167. The van der Waals surface area contributed by atoms with E-state index < -0.39 is 6.10 Å². The minimum Gasteiger partial charge on any atom is -0.462 e. The van der Waals surface area contributed by atoms with Gasteiger partial charge in [-0.05, 0) is 44.9 Å². The van der Waals surface area contributed by atoms with E-state index in [9.17, 15) is 14.4 Å². The maximum Gasteiger partial charge on any atom is 0.306 e. The second-order valence-corrected chi connectivity index (χ2v) is 21.0. The van der Waals surface area contributed by atoms with Crippen LogP contribution in [0.1, 0.15) is 348 Å². The highest BCUT2D eigenvalue weighted by atomic mass is 16.6. The summed E-state index contributed by atoms with van der Waals surface area (Å²) in [6.45, 7) is 6.70. The van der Waals surface area contributed by atoms with Crippen molar-refractivity contribution in [3.8, 4) is 0 Å². The molecule has 0 aromatic carbocycles. The first-order valence-corrected chi connectivity index (χ1v) is 30.7. The van der Waals surface area contributed by atoms with Crippen molar-refractivity contribution in [1.29, 1.82) is 0 Å². The minimum absolute atomic E-state index is 0.0655. The first-order chi connectivity index (χ1) is 33.5. The Labute approximate surface area is 424 Å². The monoisotopic (exact) mass is 959 g/mol. The van der Waals surface area contributed by atoms with Gasteiger partial charge in [-0.15, -0.1) is 0 Å². The van der Waals surface area contributed by atoms with Crippen LogP contribution in [0.4, 0.5) is 0 Å². The van der Waals surface area contributed by atoms with E-state index in [0.717, 1.165) is 57.8 Å². The van der Waals surface area contributed by atoms with Crippen LogP contribution in [0.5, 0.6) is 0 Å². The topological polar surface area (TPSA) is 78.9 Å². The SMILES string of the molecule is CCCCCCCCC/C=C\CCCCCCCCCC(=O)OC(COC(=O)CCCCCCCCCCCCCC)COC(=O)CCCCCCCCCCCCCCCCCCCCCC. The Morgan fingerprint density at radius 2 is 0.485 bits per heavy atom. The van der Waals surface area contributed by atoms with E-state index >= 15 is 0 Å². The largest absolute Gasteiger partial charge is 0.462 e. The molecule has 6 nitrogen and oxygen atoms in total. The van der Waals surface area contributed by atoms with Gasteiger partial charge in [-0.3, -0.25) is 14.4 Å². The first kappa shape index (κ1) is 66.2. The van der Waals surface area contributed by atoms with Crippen LogP contribution in [0, 0.1) is 0 Å². The molecule has 0 rings (SSSR count). The van der Waals surface area contributed by atoms with Gasteiger partial charge in [0.05, 0.1) is 0 Å². The third kappa shape index (κ3) is 55.1. The van der Waals surface area contributed by atoms with Crippen molar-refractivity contribution < 1.29 is 28.6 Å². The molecule has 402 valence electrons. The molecule has 0 fully saturated rings. The van der Waals surface area contributed by atoms with Crippen molar-refractivity contribution in [1.82, 2.24) is 0 Å². The van der Waals surface area contributed by atoms with E-state index in [4.69, 9.17) is 14.2 Å². The fourth-order valence-electron chi connectivity index (χ4n) is 9.38. The van der Waals surface area contributed by atoms with Crippen LogP contribution in [0.2, 0.25) is 0 Å². The summed E-state index contributed by atoms with van der Waals surface area (Å²) in [5.41, 5.74) is 0. The van der Waals surface area contributed by atoms with Crippen molar-refractivity contribution in [3.63, 3.8) is 0 Å². The van der Waals surface area contributed by atoms with Crippen molar-refractivity contribution in [2.24, 2.45) is 0 Å². The first-order valence-electron chi connectivity index (χ1n) is 30.7. The van der Waals surface area contributed by atoms with E-state index in [2.05, 4.69) is 32.9 Å². The Morgan fingerprint density at radius 3 is 0.735 bits per heavy atom. The van der Waals surface area contributed by atoms with E-state index in [1.165, 1.54) is 250 Å². The molecule has 0 radical (unpaired) electrons. The fourth-order valence-corrected chi connectivity index (χ4v) is 9.38. The molecule has 68 heavy (non-hydrogen) atoms. The van der Waals surface area contributed by atoms with Crippen LogP contribution in [0.25, 0.3) is 0 Å². The highest BCUT2D eigenvalue weighted by molar-refractivity contribution is 5.71. The number of hydrogen-bond acceptors (Lipinski definition) is 6. The lowest BCUT2D eigenvalue weighted by Crippen LogP contribution is -2.30. The van der Waals surface area contributed by atoms with Gasteiger partial charge in [0.25, 0.3) is 0 Å².